The highest BCUT2D eigenvalue weighted by atomic mass is 16.5. The molecule has 1 aromatic carbocycles. The molecular weight excluding hydrogens is 244 g/mol. The van der Waals surface area contributed by atoms with Gasteiger partial charge in [0, 0.05) is 26.6 Å². The van der Waals surface area contributed by atoms with Crippen LogP contribution in [0.4, 0.5) is 0 Å². The van der Waals surface area contributed by atoms with E-state index >= 15 is 0 Å². The summed E-state index contributed by atoms with van der Waals surface area (Å²) >= 11 is 0. The summed E-state index contributed by atoms with van der Waals surface area (Å²) in [5.74, 6) is 0.170. The Balaban J connectivity index is 2.13. The van der Waals surface area contributed by atoms with Crippen LogP contribution in [0.1, 0.15) is 22.1 Å². The maximum Gasteiger partial charge on any atom is 0.295 e. The second-order valence-corrected chi connectivity index (χ2v) is 4.14. The van der Waals surface area contributed by atoms with Gasteiger partial charge in [0.05, 0.1) is 0 Å². The van der Waals surface area contributed by atoms with Crippen molar-refractivity contribution in [2.24, 2.45) is 5.73 Å². The zero-order chi connectivity index (χ0) is 13.7. The van der Waals surface area contributed by atoms with Crippen molar-refractivity contribution in [3.63, 3.8) is 0 Å². The van der Waals surface area contributed by atoms with E-state index in [-0.39, 0.29) is 11.7 Å². The molecular formula is C13H16N4O2. The monoisotopic (exact) mass is 260 g/mol. The third kappa shape index (κ3) is 3.38. The SMILES string of the molecule is Cc1nc(C(=O)N(CCN)Cc2ccccc2)no1. The molecule has 6 heteroatoms. The summed E-state index contributed by atoms with van der Waals surface area (Å²) in [7, 11) is 0. The molecule has 0 bridgehead atoms. The maximum atomic E-state index is 12.2. The Kier molecular flexibility index (Phi) is 4.25. The lowest BCUT2D eigenvalue weighted by atomic mass is 10.2. The lowest BCUT2D eigenvalue weighted by Gasteiger charge is -2.20. The van der Waals surface area contributed by atoms with Crippen molar-refractivity contribution >= 4 is 5.91 Å². The van der Waals surface area contributed by atoms with Gasteiger partial charge in [0.1, 0.15) is 0 Å². The first-order valence-corrected chi connectivity index (χ1v) is 6.04. The van der Waals surface area contributed by atoms with Crippen LogP contribution in [0.25, 0.3) is 0 Å². The van der Waals surface area contributed by atoms with Crippen LogP contribution in [0.15, 0.2) is 34.9 Å². The van der Waals surface area contributed by atoms with E-state index in [1.807, 2.05) is 30.3 Å². The van der Waals surface area contributed by atoms with Gasteiger partial charge in [0.2, 0.25) is 5.89 Å². The second kappa shape index (κ2) is 6.10. The van der Waals surface area contributed by atoms with Crippen LogP contribution in [-0.2, 0) is 6.54 Å². The molecule has 0 fully saturated rings. The number of rotatable bonds is 5. The number of nitrogens with two attached hydrogens (primary N) is 1. The van der Waals surface area contributed by atoms with Crippen molar-refractivity contribution in [2.45, 2.75) is 13.5 Å². The van der Waals surface area contributed by atoms with Crippen LogP contribution in [0.2, 0.25) is 0 Å². The minimum atomic E-state index is -0.272. The number of amides is 1. The molecule has 0 atom stereocenters. The first-order chi connectivity index (χ1) is 9.20. The van der Waals surface area contributed by atoms with Gasteiger partial charge in [-0.15, -0.1) is 0 Å². The lowest BCUT2D eigenvalue weighted by molar-refractivity contribution is 0.0732. The van der Waals surface area contributed by atoms with E-state index in [2.05, 4.69) is 10.1 Å². The number of carbonyl (C=O) groups is 1. The summed E-state index contributed by atoms with van der Waals surface area (Å²) < 4.78 is 4.82. The van der Waals surface area contributed by atoms with E-state index in [0.717, 1.165) is 5.56 Å². The van der Waals surface area contributed by atoms with Gasteiger partial charge >= 0.3 is 0 Å². The summed E-state index contributed by atoms with van der Waals surface area (Å²) in [6.07, 6.45) is 0. The lowest BCUT2D eigenvalue weighted by Crippen LogP contribution is -2.35. The molecule has 2 aromatic rings. The summed E-state index contributed by atoms with van der Waals surface area (Å²) in [5, 5.41) is 3.64. The minimum absolute atomic E-state index is 0.0712. The molecule has 6 nitrogen and oxygen atoms in total. The van der Waals surface area contributed by atoms with E-state index in [9.17, 15) is 4.79 Å². The molecule has 0 aliphatic heterocycles. The molecule has 2 rings (SSSR count). The number of carbonyl (C=O) groups excluding carboxylic acids is 1. The van der Waals surface area contributed by atoms with E-state index < -0.39 is 0 Å². The quantitative estimate of drug-likeness (QED) is 0.866. The van der Waals surface area contributed by atoms with Crippen LogP contribution in [-0.4, -0.2) is 34.0 Å². The molecule has 0 aliphatic carbocycles. The average molecular weight is 260 g/mol. The smallest absolute Gasteiger partial charge is 0.295 e. The fraction of sp³-hybridized carbons (Fsp3) is 0.308. The number of hydrogen-bond donors (Lipinski definition) is 1. The highest BCUT2D eigenvalue weighted by Gasteiger charge is 2.20. The third-order valence-corrected chi connectivity index (χ3v) is 2.62. The summed E-state index contributed by atoms with van der Waals surface area (Å²) in [6.45, 7) is 2.95. The second-order valence-electron chi connectivity index (χ2n) is 4.14. The van der Waals surface area contributed by atoms with Crippen molar-refractivity contribution in [3.05, 3.63) is 47.6 Å². The summed E-state index contributed by atoms with van der Waals surface area (Å²) in [5.41, 5.74) is 6.58. The summed E-state index contributed by atoms with van der Waals surface area (Å²) in [4.78, 5) is 17.8. The number of nitrogens with zero attached hydrogens (tertiary/aromatic N) is 3. The highest BCUT2D eigenvalue weighted by Crippen LogP contribution is 2.08. The number of aryl methyl sites for hydroxylation is 1. The molecule has 0 radical (unpaired) electrons. The molecule has 2 N–H and O–H groups in total. The van der Waals surface area contributed by atoms with Gasteiger partial charge in [0.25, 0.3) is 11.7 Å². The average Bonchev–Trinajstić information content (AvgIpc) is 2.85. The van der Waals surface area contributed by atoms with Gasteiger partial charge in [-0.05, 0) is 5.56 Å². The van der Waals surface area contributed by atoms with Crippen molar-refractivity contribution in [2.75, 3.05) is 13.1 Å². The van der Waals surface area contributed by atoms with Crippen LogP contribution >= 0.6 is 0 Å². The molecule has 0 saturated heterocycles. The van der Waals surface area contributed by atoms with Crippen molar-refractivity contribution < 1.29 is 9.32 Å². The predicted octanol–water partition coefficient (Wildman–Crippen LogP) is 0.979. The topological polar surface area (TPSA) is 85.2 Å². The van der Waals surface area contributed by atoms with Crippen LogP contribution in [0.3, 0.4) is 0 Å². The van der Waals surface area contributed by atoms with Gasteiger partial charge in [0.15, 0.2) is 0 Å². The number of hydrogen-bond acceptors (Lipinski definition) is 5. The van der Waals surface area contributed by atoms with E-state index in [4.69, 9.17) is 10.3 Å². The largest absolute Gasteiger partial charge is 0.339 e. The maximum absolute atomic E-state index is 12.2. The third-order valence-electron chi connectivity index (χ3n) is 2.62. The van der Waals surface area contributed by atoms with Gasteiger partial charge in [-0.2, -0.15) is 4.98 Å². The zero-order valence-corrected chi connectivity index (χ0v) is 10.7. The number of benzene rings is 1. The first kappa shape index (κ1) is 13.2. The highest BCUT2D eigenvalue weighted by molar-refractivity contribution is 5.90. The molecule has 1 amide bonds. The zero-order valence-electron chi connectivity index (χ0n) is 10.7. The van der Waals surface area contributed by atoms with Gasteiger partial charge in [-0.25, -0.2) is 0 Å². The Labute approximate surface area is 111 Å². The Morgan fingerprint density at radius 1 is 1.37 bits per heavy atom. The van der Waals surface area contributed by atoms with Gasteiger partial charge in [-0.1, -0.05) is 35.5 Å². The van der Waals surface area contributed by atoms with E-state index in [1.54, 1.807) is 11.8 Å². The Hall–Kier alpha value is -2.21. The molecule has 0 spiro atoms. The van der Waals surface area contributed by atoms with Crippen molar-refractivity contribution in [1.82, 2.24) is 15.0 Å². The normalized spacial score (nSPS) is 10.4. The Morgan fingerprint density at radius 2 is 2.11 bits per heavy atom. The van der Waals surface area contributed by atoms with Gasteiger partial charge in [-0.3, -0.25) is 4.79 Å². The molecule has 1 aromatic heterocycles. The standard InChI is InChI=1S/C13H16N4O2/c1-10-15-12(16-19-10)13(18)17(8-7-14)9-11-5-3-2-4-6-11/h2-6H,7-9,14H2,1H3. The Morgan fingerprint density at radius 3 is 2.68 bits per heavy atom. The number of aromatic nitrogens is 2. The molecule has 0 unspecified atom stereocenters. The fourth-order valence-corrected chi connectivity index (χ4v) is 1.74. The molecule has 19 heavy (non-hydrogen) atoms. The molecule has 100 valence electrons. The van der Waals surface area contributed by atoms with E-state index in [0.29, 0.717) is 25.5 Å². The Bertz CT molecular complexity index is 539. The van der Waals surface area contributed by atoms with Crippen LogP contribution in [0, 0.1) is 6.92 Å². The molecule has 1 heterocycles. The van der Waals surface area contributed by atoms with E-state index in [1.165, 1.54) is 0 Å². The van der Waals surface area contributed by atoms with Crippen LogP contribution < -0.4 is 5.73 Å². The minimum Gasteiger partial charge on any atom is -0.339 e. The first-order valence-electron chi connectivity index (χ1n) is 6.04. The van der Waals surface area contributed by atoms with Crippen LogP contribution in [0.5, 0.6) is 0 Å². The molecule has 0 saturated carbocycles. The summed E-state index contributed by atoms with van der Waals surface area (Å²) in [6, 6.07) is 9.70. The predicted molar refractivity (Wildman–Crippen MR) is 69.3 cm³/mol. The van der Waals surface area contributed by atoms with Gasteiger partial charge < -0.3 is 15.2 Å². The van der Waals surface area contributed by atoms with Crippen molar-refractivity contribution in [1.29, 1.82) is 0 Å². The molecule has 0 aliphatic rings. The fourth-order valence-electron chi connectivity index (χ4n) is 1.74. The van der Waals surface area contributed by atoms with Crippen molar-refractivity contribution in [3.8, 4) is 0 Å².